The molecule has 1 N–H and O–H groups in total. The molecule has 0 unspecified atom stereocenters. The zero-order chi connectivity index (χ0) is 16.1. The van der Waals surface area contributed by atoms with Gasteiger partial charge in [0, 0.05) is 35.1 Å². The number of methoxy groups -OCH3 is 1. The van der Waals surface area contributed by atoms with Crippen molar-refractivity contribution in [3.63, 3.8) is 0 Å². The van der Waals surface area contributed by atoms with E-state index in [1.165, 1.54) is 35.7 Å². The highest BCUT2D eigenvalue weighted by Crippen LogP contribution is 2.56. The van der Waals surface area contributed by atoms with E-state index in [-0.39, 0.29) is 0 Å². The van der Waals surface area contributed by atoms with Gasteiger partial charge in [0.1, 0.15) is 5.75 Å². The highest BCUT2D eigenvalue weighted by Gasteiger charge is 2.50. The van der Waals surface area contributed by atoms with Crippen LogP contribution in [0.25, 0.3) is 10.9 Å². The van der Waals surface area contributed by atoms with Crippen LogP contribution in [0.15, 0.2) is 24.4 Å². The van der Waals surface area contributed by atoms with Crippen LogP contribution < -0.4 is 4.74 Å². The fourth-order valence-corrected chi connectivity index (χ4v) is 5.15. The molecule has 0 amide bonds. The summed E-state index contributed by atoms with van der Waals surface area (Å²) in [6.45, 7) is 4.64. The Morgan fingerprint density at radius 3 is 2.74 bits per heavy atom. The van der Waals surface area contributed by atoms with Crippen molar-refractivity contribution < 1.29 is 4.74 Å². The van der Waals surface area contributed by atoms with Crippen molar-refractivity contribution in [1.82, 2.24) is 9.88 Å². The van der Waals surface area contributed by atoms with Crippen molar-refractivity contribution in [2.45, 2.75) is 51.1 Å². The molecular formula is C20H28N2O. The second-order valence-electron chi connectivity index (χ2n) is 7.76. The molecule has 23 heavy (non-hydrogen) atoms. The topological polar surface area (TPSA) is 28.3 Å². The number of aromatic nitrogens is 1. The minimum absolute atomic E-state index is 0.599. The molecule has 2 fully saturated rings. The van der Waals surface area contributed by atoms with Crippen LogP contribution in [0.5, 0.6) is 5.75 Å². The molecule has 0 radical (unpaired) electrons. The molecule has 0 saturated heterocycles. The van der Waals surface area contributed by atoms with Crippen LogP contribution in [0, 0.1) is 11.8 Å². The molecule has 2 aliphatic rings. The van der Waals surface area contributed by atoms with Crippen LogP contribution in [-0.4, -0.2) is 36.1 Å². The Labute approximate surface area is 139 Å². The molecule has 2 saturated carbocycles. The lowest BCUT2D eigenvalue weighted by molar-refractivity contribution is 0.123. The summed E-state index contributed by atoms with van der Waals surface area (Å²) in [5.74, 6) is 3.32. The first-order valence-corrected chi connectivity index (χ1v) is 8.97. The molecule has 1 aromatic carbocycles. The number of aromatic amines is 1. The fraction of sp³-hybridized carbons (Fsp3) is 0.600. The second-order valence-corrected chi connectivity index (χ2v) is 7.76. The highest BCUT2D eigenvalue weighted by molar-refractivity contribution is 5.85. The zero-order valence-electron chi connectivity index (χ0n) is 14.7. The van der Waals surface area contributed by atoms with Crippen LogP contribution in [0.2, 0.25) is 0 Å². The lowest BCUT2D eigenvalue weighted by atomic mass is 9.78. The Bertz CT molecular complexity index is 705. The predicted molar refractivity (Wildman–Crippen MR) is 95.1 cm³/mol. The Morgan fingerprint density at radius 2 is 2.00 bits per heavy atom. The summed E-state index contributed by atoms with van der Waals surface area (Å²) in [6, 6.07) is 7.67. The summed E-state index contributed by atoms with van der Waals surface area (Å²) in [5, 5.41) is 1.35. The quantitative estimate of drug-likeness (QED) is 0.906. The Balaban J connectivity index is 1.79. The van der Waals surface area contributed by atoms with Gasteiger partial charge < -0.3 is 14.6 Å². The van der Waals surface area contributed by atoms with E-state index in [9.17, 15) is 0 Å². The summed E-state index contributed by atoms with van der Waals surface area (Å²) in [7, 11) is 4.07. The molecule has 2 aliphatic carbocycles. The number of H-pyrrole nitrogens is 1. The van der Waals surface area contributed by atoms with Crippen LogP contribution >= 0.6 is 0 Å². The summed E-state index contributed by atoms with van der Waals surface area (Å²) >= 11 is 0. The van der Waals surface area contributed by atoms with Gasteiger partial charge in [0.2, 0.25) is 0 Å². The summed E-state index contributed by atoms with van der Waals surface area (Å²) in [6.07, 6.45) is 6.47. The first-order chi connectivity index (χ1) is 11.1. The van der Waals surface area contributed by atoms with Gasteiger partial charge in [-0.15, -0.1) is 0 Å². The second kappa shape index (κ2) is 5.55. The normalized spacial score (nSPS) is 30.0. The van der Waals surface area contributed by atoms with Gasteiger partial charge in [0.15, 0.2) is 0 Å². The van der Waals surface area contributed by atoms with Gasteiger partial charge in [-0.25, -0.2) is 0 Å². The number of fused-ring (bicyclic) bond motifs is 3. The number of rotatable bonds is 4. The van der Waals surface area contributed by atoms with Crippen LogP contribution in [-0.2, 0) is 0 Å². The molecule has 0 aliphatic heterocycles. The van der Waals surface area contributed by atoms with Crippen molar-refractivity contribution in [1.29, 1.82) is 0 Å². The van der Waals surface area contributed by atoms with E-state index < -0.39 is 0 Å². The molecule has 1 aromatic heterocycles. The first kappa shape index (κ1) is 15.1. The third-order valence-electron chi connectivity index (χ3n) is 6.44. The molecule has 4 atom stereocenters. The van der Waals surface area contributed by atoms with E-state index in [0.717, 1.165) is 17.6 Å². The van der Waals surface area contributed by atoms with Gasteiger partial charge in [-0.2, -0.15) is 0 Å². The van der Waals surface area contributed by atoms with Gasteiger partial charge in [-0.05, 0) is 75.8 Å². The van der Waals surface area contributed by atoms with Crippen molar-refractivity contribution in [3.05, 3.63) is 30.0 Å². The molecule has 3 heteroatoms. The van der Waals surface area contributed by atoms with Crippen LogP contribution in [0.3, 0.4) is 0 Å². The Morgan fingerprint density at radius 1 is 1.22 bits per heavy atom. The molecule has 1 heterocycles. The molecule has 2 aromatic rings. The predicted octanol–water partition coefficient (Wildman–Crippen LogP) is 4.40. The zero-order valence-corrected chi connectivity index (χ0v) is 14.7. The third kappa shape index (κ3) is 2.28. The van der Waals surface area contributed by atoms with Gasteiger partial charge in [-0.3, -0.25) is 0 Å². The molecule has 2 bridgehead atoms. The van der Waals surface area contributed by atoms with E-state index >= 15 is 0 Å². The lowest BCUT2D eigenvalue weighted by Gasteiger charge is -2.40. The third-order valence-corrected chi connectivity index (χ3v) is 6.44. The smallest absolute Gasteiger partial charge is 0.119 e. The van der Waals surface area contributed by atoms with Gasteiger partial charge in [0.05, 0.1) is 7.11 Å². The average Bonchev–Trinajstić information content (AvgIpc) is 3.26. The maximum atomic E-state index is 5.46. The fourth-order valence-electron chi connectivity index (χ4n) is 5.15. The van der Waals surface area contributed by atoms with E-state index in [1.807, 2.05) is 6.07 Å². The van der Waals surface area contributed by atoms with Gasteiger partial charge in [0.25, 0.3) is 0 Å². The minimum Gasteiger partial charge on any atom is -0.497 e. The van der Waals surface area contributed by atoms with E-state index in [4.69, 9.17) is 4.74 Å². The number of nitrogens with zero attached hydrogens (tertiary/aromatic N) is 1. The van der Waals surface area contributed by atoms with Crippen molar-refractivity contribution in [2.24, 2.45) is 11.8 Å². The number of hydrogen-bond donors (Lipinski definition) is 1. The first-order valence-electron chi connectivity index (χ1n) is 8.97. The molecule has 4 rings (SSSR count). The maximum Gasteiger partial charge on any atom is 0.119 e. The standard InChI is InChI=1S/C20H28N2O/c1-12(2)22(3)20-14-6-5-13(9-14)19(20)17-11-21-18-8-7-15(23-4)10-16(17)18/h7-8,10-14,19-21H,5-6,9H2,1-4H3/t13-,14+,19+,20-/m0/s1. The number of hydrogen-bond acceptors (Lipinski definition) is 2. The summed E-state index contributed by atoms with van der Waals surface area (Å²) < 4.78 is 5.46. The minimum atomic E-state index is 0.599. The average molecular weight is 312 g/mol. The molecule has 0 spiro atoms. The van der Waals surface area contributed by atoms with Crippen LogP contribution in [0.4, 0.5) is 0 Å². The van der Waals surface area contributed by atoms with E-state index in [1.54, 1.807) is 7.11 Å². The number of ether oxygens (including phenoxy) is 1. The van der Waals surface area contributed by atoms with Gasteiger partial charge in [-0.1, -0.05) is 0 Å². The highest BCUT2D eigenvalue weighted by atomic mass is 16.5. The summed E-state index contributed by atoms with van der Waals surface area (Å²) in [5.41, 5.74) is 2.73. The van der Waals surface area contributed by atoms with Crippen molar-refractivity contribution in [2.75, 3.05) is 14.2 Å². The van der Waals surface area contributed by atoms with E-state index in [0.29, 0.717) is 18.0 Å². The SMILES string of the molecule is COc1ccc2[nH]cc([C@H]3[C@H]4CC[C@H](C4)[C@@H]3N(C)C(C)C)c2c1. The van der Waals surface area contributed by atoms with E-state index in [2.05, 4.69) is 49.1 Å². The Hall–Kier alpha value is -1.48. The van der Waals surface area contributed by atoms with Gasteiger partial charge >= 0.3 is 0 Å². The molecular weight excluding hydrogens is 284 g/mol. The van der Waals surface area contributed by atoms with Crippen LogP contribution in [0.1, 0.15) is 44.6 Å². The monoisotopic (exact) mass is 312 g/mol. The largest absolute Gasteiger partial charge is 0.497 e. The lowest BCUT2D eigenvalue weighted by Crippen LogP contribution is -2.44. The molecule has 3 nitrogen and oxygen atoms in total. The number of likely N-dealkylation sites (N-methyl/N-ethyl adjacent to an activating group) is 1. The maximum absolute atomic E-state index is 5.46. The van der Waals surface area contributed by atoms with Crippen molar-refractivity contribution in [3.8, 4) is 5.75 Å². The van der Waals surface area contributed by atoms with Crippen molar-refractivity contribution >= 4 is 10.9 Å². The molecule has 124 valence electrons. The summed E-state index contributed by atoms with van der Waals surface area (Å²) in [4.78, 5) is 6.11. The number of nitrogens with one attached hydrogen (secondary N) is 1. The Kier molecular flexibility index (Phi) is 3.64. The number of benzene rings is 1.